The molecular formula is C17H10Cl2N2O3S. The minimum Gasteiger partial charge on any atom is -0.505 e. The maximum absolute atomic E-state index is 12.8. The van der Waals surface area contributed by atoms with E-state index < -0.39 is 11.8 Å². The molecule has 1 saturated heterocycles. The average molecular weight is 393 g/mol. The Balaban J connectivity index is 2.05. The zero-order chi connectivity index (χ0) is 18.1. The number of phenols is 1. The van der Waals surface area contributed by atoms with Gasteiger partial charge in [0.1, 0.15) is 5.57 Å². The number of thiocarbonyl (C=S) groups is 1. The minimum absolute atomic E-state index is 0.000112. The molecule has 5 nitrogen and oxygen atoms in total. The van der Waals surface area contributed by atoms with Crippen molar-refractivity contribution < 1.29 is 14.7 Å². The highest BCUT2D eigenvalue weighted by Gasteiger charge is 2.34. The van der Waals surface area contributed by atoms with Gasteiger partial charge in [-0.25, -0.2) is 0 Å². The van der Waals surface area contributed by atoms with Gasteiger partial charge < -0.3 is 5.11 Å². The zero-order valence-electron chi connectivity index (χ0n) is 12.5. The lowest BCUT2D eigenvalue weighted by atomic mass is 10.1. The maximum atomic E-state index is 12.8. The number of benzene rings is 2. The van der Waals surface area contributed by atoms with Crippen LogP contribution >= 0.6 is 35.4 Å². The standard InChI is InChI=1S/C17H10Cl2N2O3S/c18-12-7-9(8-13(19)14(12)22)6-11-15(23)20-17(25)21(16(11)24)10-4-2-1-3-5-10/h1-8,22H,(H,20,23,25). The summed E-state index contributed by atoms with van der Waals surface area (Å²) >= 11 is 16.9. The van der Waals surface area contributed by atoms with E-state index in [-0.39, 0.29) is 26.5 Å². The van der Waals surface area contributed by atoms with Crippen molar-refractivity contribution in [2.24, 2.45) is 0 Å². The number of amides is 2. The quantitative estimate of drug-likeness (QED) is 0.465. The number of phenolic OH excluding ortho intramolecular Hbond substituents is 1. The Bertz CT molecular complexity index is 906. The first kappa shape index (κ1) is 17.4. The Morgan fingerprint density at radius 2 is 1.68 bits per heavy atom. The van der Waals surface area contributed by atoms with Crippen molar-refractivity contribution in [2.45, 2.75) is 0 Å². The summed E-state index contributed by atoms with van der Waals surface area (Å²) in [4.78, 5) is 26.2. The highest BCUT2D eigenvalue weighted by Crippen LogP contribution is 2.33. The number of rotatable bonds is 2. The van der Waals surface area contributed by atoms with Crippen LogP contribution in [0.15, 0.2) is 48.0 Å². The van der Waals surface area contributed by atoms with Crippen LogP contribution in [0, 0.1) is 0 Å². The lowest BCUT2D eigenvalue weighted by Gasteiger charge is -2.28. The van der Waals surface area contributed by atoms with E-state index in [1.54, 1.807) is 30.3 Å². The first-order valence-corrected chi connectivity index (χ1v) is 8.19. The lowest BCUT2D eigenvalue weighted by Crippen LogP contribution is -2.54. The van der Waals surface area contributed by atoms with E-state index in [9.17, 15) is 14.7 Å². The Kier molecular flexibility index (Phi) is 4.76. The largest absolute Gasteiger partial charge is 0.505 e. The number of carbonyl (C=O) groups is 2. The van der Waals surface area contributed by atoms with Gasteiger partial charge in [-0.1, -0.05) is 41.4 Å². The smallest absolute Gasteiger partial charge is 0.270 e. The van der Waals surface area contributed by atoms with Crippen LogP contribution in [0.1, 0.15) is 5.56 Å². The molecule has 25 heavy (non-hydrogen) atoms. The van der Waals surface area contributed by atoms with Crippen molar-refractivity contribution in [3.05, 3.63) is 63.6 Å². The molecule has 0 spiro atoms. The fourth-order valence-corrected chi connectivity index (χ4v) is 3.09. The van der Waals surface area contributed by atoms with Gasteiger partial charge in [0.25, 0.3) is 11.8 Å². The third-order valence-electron chi connectivity index (χ3n) is 3.47. The predicted octanol–water partition coefficient (Wildman–Crippen LogP) is 3.53. The molecule has 2 aromatic rings. The van der Waals surface area contributed by atoms with Gasteiger partial charge in [0, 0.05) is 0 Å². The minimum atomic E-state index is -0.623. The van der Waals surface area contributed by atoms with Crippen LogP contribution in [-0.4, -0.2) is 22.0 Å². The van der Waals surface area contributed by atoms with Crippen LogP contribution in [0.25, 0.3) is 6.08 Å². The number of halogens is 2. The van der Waals surface area contributed by atoms with Gasteiger partial charge >= 0.3 is 0 Å². The van der Waals surface area contributed by atoms with Crippen LogP contribution in [-0.2, 0) is 9.59 Å². The van der Waals surface area contributed by atoms with E-state index >= 15 is 0 Å². The maximum Gasteiger partial charge on any atom is 0.270 e. The second kappa shape index (κ2) is 6.84. The molecule has 0 radical (unpaired) electrons. The molecule has 1 fully saturated rings. The van der Waals surface area contributed by atoms with Crippen molar-refractivity contribution >= 4 is 64.1 Å². The molecule has 0 aromatic heterocycles. The molecule has 2 amide bonds. The zero-order valence-corrected chi connectivity index (χ0v) is 14.8. The average Bonchev–Trinajstić information content (AvgIpc) is 2.57. The van der Waals surface area contributed by atoms with Crippen LogP contribution in [0.5, 0.6) is 5.75 Å². The Hall–Kier alpha value is -2.41. The van der Waals surface area contributed by atoms with Gasteiger partial charge in [-0.2, -0.15) is 0 Å². The molecule has 8 heteroatoms. The van der Waals surface area contributed by atoms with Crippen molar-refractivity contribution in [2.75, 3.05) is 4.90 Å². The van der Waals surface area contributed by atoms with Gasteiger partial charge in [0.15, 0.2) is 10.9 Å². The fraction of sp³-hybridized carbons (Fsp3) is 0. The summed E-state index contributed by atoms with van der Waals surface area (Å²) in [7, 11) is 0. The van der Waals surface area contributed by atoms with Gasteiger partial charge in [-0.15, -0.1) is 0 Å². The summed E-state index contributed by atoms with van der Waals surface area (Å²) in [5.41, 5.74) is 0.799. The third-order valence-corrected chi connectivity index (χ3v) is 4.33. The molecule has 0 bridgehead atoms. The Labute approximate surface area is 158 Å². The molecule has 3 rings (SSSR count). The van der Waals surface area contributed by atoms with E-state index in [0.717, 1.165) is 0 Å². The lowest BCUT2D eigenvalue weighted by molar-refractivity contribution is -0.122. The number of hydrogen-bond acceptors (Lipinski definition) is 4. The number of aromatic hydroxyl groups is 1. The van der Waals surface area contributed by atoms with E-state index in [1.807, 2.05) is 0 Å². The second-order valence-corrected chi connectivity index (χ2v) is 6.33. The highest BCUT2D eigenvalue weighted by atomic mass is 35.5. The normalized spacial score (nSPS) is 16.3. The van der Waals surface area contributed by atoms with Crippen molar-refractivity contribution in [1.29, 1.82) is 0 Å². The molecule has 2 N–H and O–H groups in total. The van der Waals surface area contributed by atoms with Crippen LogP contribution in [0.3, 0.4) is 0 Å². The molecule has 1 aliphatic rings. The monoisotopic (exact) mass is 392 g/mol. The molecule has 1 heterocycles. The number of anilines is 1. The highest BCUT2D eigenvalue weighted by molar-refractivity contribution is 7.80. The van der Waals surface area contributed by atoms with Crippen LogP contribution in [0.2, 0.25) is 10.0 Å². The van der Waals surface area contributed by atoms with E-state index in [1.165, 1.54) is 23.1 Å². The van der Waals surface area contributed by atoms with Crippen molar-refractivity contribution in [1.82, 2.24) is 5.32 Å². The molecule has 0 atom stereocenters. The van der Waals surface area contributed by atoms with Crippen molar-refractivity contribution in [3.8, 4) is 5.75 Å². The van der Waals surface area contributed by atoms with E-state index in [0.29, 0.717) is 11.3 Å². The number of hydrogen-bond donors (Lipinski definition) is 2. The third kappa shape index (κ3) is 3.37. The second-order valence-electron chi connectivity index (χ2n) is 5.13. The molecule has 0 unspecified atom stereocenters. The molecule has 1 aliphatic heterocycles. The Morgan fingerprint density at radius 1 is 1.08 bits per heavy atom. The van der Waals surface area contributed by atoms with Gasteiger partial charge in [-0.3, -0.25) is 19.8 Å². The fourth-order valence-electron chi connectivity index (χ4n) is 2.30. The number of para-hydroxylation sites is 1. The van der Waals surface area contributed by atoms with Crippen LogP contribution < -0.4 is 10.2 Å². The number of carbonyl (C=O) groups excluding carboxylic acids is 2. The summed E-state index contributed by atoms with van der Waals surface area (Å²) in [6.45, 7) is 0. The van der Waals surface area contributed by atoms with E-state index in [4.69, 9.17) is 35.4 Å². The molecule has 126 valence electrons. The molecule has 0 aliphatic carbocycles. The van der Waals surface area contributed by atoms with Gasteiger partial charge in [0.2, 0.25) is 0 Å². The predicted molar refractivity (Wildman–Crippen MR) is 101 cm³/mol. The molecule has 2 aromatic carbocycles. The molecular weight excluding hydrogens is 383 g/mol. The summed E-state index contributed by atoms with van der Waals surface area (Å²) in [6, 6.07) is 11.5. The summed E-state index contributed by atoms with van der Waals surface area (Å²) in [5.74, 6) is -1.46. The van der Waals surface area contributed by atoms with Gasteiger partial charge in [0.05, 0.1) is 15.7 Å². The molecule has 0 saturated carbocycles. The summed E-state index contributed by atoms with van der Waals surface area (Å²) in [6.07, 6.45) is 1.34. The topological polar surface area (TPSA) is 69.6 Å². The first-order chi connectivity index (χ1) is 11.9. The Morgan fingerprint density at radius 3 is 2.28 bits per heavy atom. The first-order valence-electron chi connectivity index (χ1n) is 7.03. The number of nitrogens with one attached hydrogen (secondary N) is 1. The SMILES string of the molecule is O=C1NC(=S)N(c2ccccc2)C(=O)C1=Cc1cc(Cl)c(O)c(Cl)c1. The van der Waals surface area contributed by atoms with Gasteiger partial charge in [-0.05, 0) is 48.1 Å². The summed E-state index contributed by atoms with van der Waals surface area (Å²) < 4.78 is 0. The van der Waals surface area contributed by atoms with E-state index in [2.05, 4.69) is 5.32 Å². The number of nitrogens with zero attached hydrogens (tertiary/aromatic N) is 1. The van der Waals surface area contributed by atoms with Crippen LogP contribution in [0.4, 0.5) is 5.69 Å². The summed E-state index contributed by atoms with van der Waals surface area (Å²) in [5, 5.41) is 12.1. The van der Waals surface area contributed by atoms with Crippen molar-refractivity contribution in [3.63, 3.8) is 0 Å².